The van der Waals surface area contributed by atoms with Crippen LogP contribution < -0.4 is 5.32 Å². The quantitative estimate of drug-likeness (QED) is 0.886. The summed E-state index contributed by atoms with van der Waals surface area (Å²) in [4.78, 5) is 9.49. The first-order valence-corrected chi connectivity index (χ1v) is 7.94. The number of benzene rings is 1. The van der Waals surface area contributed by atoms with Crippen molar-refractivity contribution >= 4 is 5.82 Å². The van der Waals surface area contributed by atoms with E-state index < -0.39 is 0 Å². The van der Waals surface area contributed by atoms with E-state index in [9.17, 15) is 0 Å². The van der Waals surface area contributed by atoms with Crippen molar-refractivity contribution in [2.45, 2.75) is 46.0 Å². The third-order valence-corrected chi connectivity index (χ3v) is 4.11. The van der Waals surface area contributed by atoms with Crippen LogP contribution in [0, 0.1) is 6.92 Å². The number of nitrogens with zero attached hydrogens (tertiary/aromatic N) is 2. The summed E-state index contributed by atoms with van der Waals surface area (Å²) in [5.41, 5.74) is 4.86. The molecule has 1 saturated carbocycles. The Morgan fingerprint density at radius 1 is 1.19 bits per heavy atom. The topological polar surface area (TPSA) is 37.8 Å². The van der Waals surface area contributed by atoms with E-state index in [4.69, 9.17) is 9.97 Å². The molecule has 0 radical (unpaired) electrons. The zero-order chi connectivity index (χ0) is 14.8. The molecular weight excluding hydrogens is 258 g/mol. The van der Waals surface area contributed by atoms with Crippen molar-refractivity contribution in [1.82, 2.24) is 9.97 Å². The lowest BCUT2D eigenvalue weighted by atomic mass is 10.1. The first-order valence-electron chi connectivity index (χ1n) is 7.94. The normalized spacial score (nSPS) is 14.2. The molecule has 0 saturated heterocycles. The van der Waals surface area contributed by atoms with Gasteiger partial charge in [0.15, 0.2) is 5.82 Å². The fourth-order valence-corrected chi connectivity index (χ4v) is 2.81. The highest BCUT2D eigenvalue weighted by atomic mass is 15.0. The van der Waals surface area contributed by atoms with Gasteiger partial charge >= 0.3 is 0 Å². The van der Waals surface area contributed by atoms with Gasteiger partial charge in [0, 0.05) is 23.4 Å². The standard InChI is InChI=1S/C18H23N3/c1-4-16-12(3)20-17(21-18(16)19-5-2)15-8-6-7-14(11-15)13-9-10-13/h6-8,11,13H,4-5,9-10H2,1-3H3,(H,19,20,21). The fraction of sp³-hybridized carbons (Fsp3) is 0.444. The van der Waals surface area contributed by atoms with Crippen LogP contribution in [0.25, 0.3) is 11.4 Å². The van der Waals surface area contributed by atoms with Crippen LogP contribution in [0.2, 0.25) is 0 Å². The molecular formula is C18H23N3. The van der Waals surface area contributed by atoms with Crippen LogP contribution in [0.3, 0.4) is 0 Å². The minimum absolute atomic E-state index is 0.759. The van der Waals surface area contributed by atoms with Gasteiger partial charge in [0.25, 0.3) is 0 Å². The molecule has 0 aliphatic heterocycles. The summed E-state index contributed by atoms with van der Waals surface area (Å²) in [7, 11) is 0. The molecule has 110 valence electrons. The number of hydrogen-bond acceptors (Lipinski definition) is 3. The molecule has 1 fully saturated rings. The first kappa shape index (κ1) is 14.1. The molecule has 3 rings (SSSR count). The molecule has 1 N–H and O–H groups in total. The lowest BCUT2D eigenvalue weighted by molar-refractivity contribution is 0.988. The SMILES string of the molecule is CCNc1nc(-c2cccc(C3CC3)c2)nc(C)c1CC. The van der Waals surface area contributed by atoms with Crippen LogP contribution in [-0.2, 0) is 6.42 Å². The predicted octanol–water partition coefficient (Wildman–Crippen LogP) is 4.32. The van der Waals surface area contributed by atoms with Crippen molar-refractivity contribution in [2.75, 3.05) is 11.9 Å². The fourth-order valence-electron chi connectivity index (χ4n) is 2.81. The Kier molecular flexibility index (Phi) is 3.91. The minimum atomic E-state index is 0.759. The zero-order valence-electron chi connectivity index (χ0n) is 13.1. The van der Waals surface area contributed by atoms with Crippen molar-refractivity contribution in [3.05, 3.63) is 41.1 Å². The van der Waals surface area contributed by atoms with E-state index in [0.717, 1.165) is 41.8 Å². The van der Waals surface area contributed by atoms with Gasteiger partial charge in [0.05, 0.1) is 0 Å². The van der Waals surface area contributed by atoms with Crippen LogP contribution in [0.5, 0.6) is 0 Å². The molecule has 1 heterocycles. The van der Waals surface area contributed by atoms with E-state index >= 15 is 0 Å². The van der Waals surface area contributed by atoms with Gasteiger partial charge in [-0.25, -0.2) is 9.97 Å². The Morgan fingerprint density at radius 2 is 2.00 bits per heavy atom. The maximum Gasteiger partial charge on any atom is 0.161 e. The van der Waals surface area contributed by atoms with E-state index in [-0.39, 0.29) is 0 Å². The van der Waals surface area contributed by atoms with Crippen molar-refractivity contribution in [3.63, 3.8) is 0 Å². The molecule has 1 aromatic heterocycles. The molecule has 21 heavy (non-hydrogen) atoms. The molecule has 2 aromatic rings. The maximum atomic E-state index is 4.76. The monoisotopic (exact) mass is 281 g/mol. The Hall–Kier alpha value is -1.90. The molecule has 3 heteroatoms. The summed E-state index contributed by atoms with van der Waals surface area (Å²) in [5, 5.41) is 3.38. The van der Waals surface area contributed by atoms with Crippen molar-refractivity contribution in [1.29, 1.82) is 0 Å². The Labute approximate surface area is 126 Å². The Bertz CT molecular complexity index is 645. The van der Waals surface area contributed by atoms with Gasteiger partial charge in [-0.1, -0.05) is 25.1 Å². The number of aryl methyl sites for hydroxylation is 1. The maximum absolute atomic E-state index is 4.76. The molecule has 0 atom stereocenters. The van der Waals surface area contributed by atoms with Crippen LogP contribution >= 0.6 is 0 Å². The summed E-state index contributed by atoms with van der Waals surface area (Å²) in [6.45, 7) is 7.21. The van der Waals surface area contributed by atoms with Crippen LogP contribution in [0.15, 0.2) is 24.3 Å². The number of hydrogen-bond donors (Lipinski definition) is 1. The molecule has 1 aliphatic rings. The van der Waals surface area contributed by atoms with E-state index in [0.29, 0.717) is 0 Å². The van der Waals surface area contributed by atoms with Crippen LogP contribution in [0.1, 0.15) is 49.4 Å². The number of nitrogens with one attached hydrogen (secondary N) is 1. The van der Waals surface area contributed by atoms with E-state index in [2.05, 4.69) is 50.4 Å². The van der Waals surface area contributed by atoms with E-state index in [1.165, 1.54) is 24.0 Å². The molecule has 0 amide bonds. The number of aromatic nitrogens is 2. The van der Waals surface area contributed by atoms with Crippen molar-refractivity contribution in [3.8, 4) is 11.4 Å². The lowest BCUT2D eigenvalue weighted by Gasteiger charge is -2.13. The summed E-state index contributed by atoms with van der Waals surface area (Å²) in [5.74, 6) is 2.58. The molecule has 1 aliphatic carbocycles. The number of rotatable bonds is 5. The largest absolute Gasteiger partial charge is 0.370 e. The van der Waals surface area contributed by atoms with Gasteiger partial charge in [-0.15, -0.1) is 0 Å². The second kappa shape index (κ2) is 5.84. The van der Waals surface area contributed by atoms with Gasteiger partial charge in [-0.3, -0.25) is 0 Å². The van der Waals surface area contributed by atoms with Gasteiger partial charge in [0.1, 0.15) is 5.82 Å². The number of anilines is 1. The zero-order valence-corrected chi connectivity index (χ0v) is 13.1. The third kappa shape index (κ3) is 2.92. The highest BCUT2D eigenvalue weighted by Gasteiger charge is 2.23. The van der Waals surface area contributed by atoms with Crippen LogP contribution in [-0.4, -0.2) is 16.5 Å². The van der Waals surface area contributed by atoms with E-state index in [1.807, 2.05) is 0 Å². The van der Waals surface area contributed by atoms with Crippen molar-refractivity contribution in [2.24, 2.45) is 0 Å². The highest BCUT2D eigenvalue weighted by Crippen LogP contribution is 2.40. The lowest BCUT2D eigenvalue weighted by Crippen LogP contribution is -2.08. The smallest absolute Gasteiger partial charge is 0.161 e. The first-order chi connectivity index (χ1) is 10.2. The summed E-state index contributed by atoms with van der Waals surface area (Å²) >= 11 is 0. The average Bonchev–Trinajstić information content (AvgIpc) is 3.32. The molecule has 1 aromatic carbocycles. The average molecular weight is 281 g/mol. The van der Waals surface area contributed by atoms with Gasteiger partial charge < -0.3 is 5.32 Å². The van der Waals surface area contributed by atoms with Crippen molar-refractivity contribution < 1.29 is 0 Å². The second-order valence-corrected chi connectivity index (χ2v) is 5.74. The van der Waals surface area contributed by atoms with Gasteiger partial charge in [-0.2, -0.15) is 0 Å². The third-order valence-electron chi connectivity index (χ3n) is 4.11. The minimum Gasteiger partial charge on any atom is -0.370 e. The molecule has 0 unspecified atom stereocenters. The molecule has 0 bridgehead atoms. The van der Waals surface area contributed by atoms with Gasteiger partial charge in [-0.05, 0) is 50.7 Å². The summed E-state index contributed by atoms with van der Waals surface area (Å²) in [6, 6.07) is 8.72. The predicted molar refractivity (Wildman–Crippen MR) is 87.7 cm³/mol. The summed E-state index contributed by atoms with van der Waals surface area (Å²) < 4.78 is 0. The highest BCUT2D eigenvalue weighted by molar-refractivity contribution is 5.61. The molecule has 3 nitrogen and oxygen atoms in total. The molecule has 0 spiro atoms. The summed E-state index contributed by atoms with van der Waals surface area (Å²) in [6.07, 6.45) is 3.60. The van der Waals surface area contributed by atoms with Crippen LogP contribution in [0.4, 0.5) is 5.82 Å². The van der Waals surface area contributed by atoms with E-state index in [1.54, 1.807) is 0 Å². The Balaban J connectivity index is 2.03. The second-order valence-electron chi connectivity index (χ2n) is 5.74. The van der Waals surface area contributed by atoms with Gasteiger partial charge in [0.2, 0.25) is 0 Å². The Morgan fingerprint density at radius 3 is 2.67 bits per heavy atom.